The molecule has 1 saturated carbocycles. The zero-order valence-electron chi connectivity index (χ0n) is 19.2. The van der Waals surface area contributed by atoms with Gasteiger partial charge < -0.3 is 24.6 Å². The van der Waals surface area contributed by atoms with Gasteiger partial charge in [0.2, 0.25) is 6.79 Å². The van der Waals surface area contributed by atoms with Crippen molar-refractivity contribution in [2.24, 2.45) is 0 Å². The highest BCUT2D eigenvalue weighted by molar-refractivity contribution is 5.83. The second-order valence-electron chi connectivity index (χ2n) is 9.15. The number of nitrogens with zero attached hydrogens (tertiary/aromatic N) is 1. The summed E-state index contributed by atoms with van der Waals surface area (Å²) in [4.78, 5) is 4.49. The third-order valence-corrected chi connectivity index (χ3v) is 6.92. The summed E-state index contributed by atoms with van der Waals surface area (Å²) in [5.41, 5.74) is 2.78. The van der Waals surface area contributed by atoms with Gasteiger partial charge in [0.1, 0.15) is 5.75 Å². The molecule has 6 heteroatoms. The SMILES string of the molecule is CCOc1ccc2nccc(CCC3(O)CCC(NCc4ccc5c(c4)OCO5)CC3)c2c1. The number of nitrogens with one attached hydrogen (secondary N) is 1. The Hall–Kier alpha value is -2.83. The van der Waals surface area contributed by atoms with E-state index >= 15 is 0 Å². The van der Waals surface area contributed by atoms with Gasteiger partial charge in [0.25, 0.3) is 0 Å². The van der Waals surface area contributed by atoms with Crippen LogP contribution in [0.3, 0.4) is 0 Å². The molecule has 0 bridgehead atoms. The third kappa shape index (κ3) is 5.07. The van der Waals surface area contributed by atoms with E-state index in [1.165, 1.54) is 11.1 Å². The lowest BCUT2D eigenvalue weighted by Crippen LogP contribution is -2.41. The van der Waals surface area contributed by atoms with Gasteiger partial charge in [-0.3, -0.25) is 4.98 Å². The number of aliphatic hydroxyl groups is 1. The molecule has 1 aliphatic carbocycles. The lowest BCUT2D eigenvalue weighted by Gasteiger charge is -2.36. The fourth-order valence-corrected chi connectivity index (χ4v) is 4.95. The molecule has 5 rings (SSSR count). The molecule has 0 unspecified atom stereocenters. The Morgan fingerprint density at radius 2 is 1.94 bits per heavy atom. The predicted octanol–water partition coefficient (Wildman–Crippen LogP) is 4.76. The molecular formula is C27H32N2O4. The summed E-state index contributed by atoms with van der Waals surface area (Å²) < 4.78 is 16.5. The Morgan fingerprint density at radius 1 is 1.09 bits per heavy atom. The van der Waals surface area contributed by atoms with E-state index in [2.05, 4.69) is 28.5 Å². The first kappa shape index (κ1) is 22.0. The normalized spacial score (nSPS) is 21.9. The number of fused-ring (bicyclic) bond motifs is 2. The fraction of sp³-hybridized carbons (Fsp3) is 0.444. The lowest BCUT2D eigenvalue weighted by atomic mass is 9.78. The molecule has 2 heterocycles. The van der Waals surface area contributed by atoms with Gasteiger partial charge in [-0.15, -0.1) is 0 Å². The number of pyridine rings is 1. The van der Waals surface area contributed by atoms with E-state index in [9.17, 15) is 5.11 Å². The Bertz CT molecular complexity index is 1110. The third-order valence-electron chi connectivity index (χ3n) is 6.92. The number of aryl methyl sites for hydroxylation is 1. The molecule has 0 radical (unpaired) electrons. The van der Waals surface area contributed by atoms with Crippen LogP contribution >= 0.6 is 0 Å². The van der Waals surface area contributed by atoms with E-state index in [-0.39, 0.29) is 0 Å². The summed E-state index contributed by atoms with van der Waals surface area (Å²) in [6.07, 6.45) is 7.05. The van der Waals surface area contributed by atoms with Crippen molar-refractivity contribution in [1.29, 1.82) is 0 Å². The van der Waals surface area contributed by atoms with Crippen molar-refractivity contribution in [1.82, 2.24) is 10.3 Å². The molecule has 1 aromatic heterocycles. The molecule has 0 amide bonds. The molecule has 3 aromatic rings. The summed E-state index contributed by atoms with van der Waals surface area (Å²) in [7, 11) is 0. The predicted molar refractivity (Wildman–Crippen MR) is 128 cm³/mol. The van der Waals surface area contributed by atoms with E-state index < -0.39 is 5.60 Å². The van der Waals surface area contributed by atoms with Gasteiger partial charge >= 0.3 is 0 Å². The zero-order chi connectivity index (χ0) is 22.7. The first-order chi connectivity index (χ1) is 16.1. The highest BCUT2D eigenvalue weighted by Crippen LogP contribution is 2.35. The van der Waals surface area contributed by atoms with Crippen LogP contribution in [-0.4, -0.2) is 35.1 Å². The zero-order valence-corrected chi connectivity index (χ0v) is 19.2. The monoisotopic (exact) mass is 448 g/mol. The number of rotatable bonds is 8. The minimum absolute atomic E-state index is 0.302. The van der Waals surface area contributed by atoms with Gasteiger partial charge in [0.15, 0.2) is 11.5 Å². The molecule has 0 spiro atoms. The summed E-state index contributed by atoms with van der Waals surface area (Å²) in [5, 5.41) is 16.0. The molecule has 1 aliphatic heterocycles. The van der Waals surface area contributed by atoms with Crippen molar-refractivity contribution >= 4 is 10.9 Å². The number of hydrogen-bond acceptors (Lipinski definition) is 6. The van der Waals surface area contributed by atoms with Crippen molar-refractivity contribution < 1.29 is 19.3 Å². The van der Waals surface area contributed by atoms with E-state index in [4.69, 9.17) is 14.2 Å². The maximum atomic E-state index is 11.3. The maximum Gasteiger partial charge on any atom is 0.231 e. The maximum absolute atomic E-state index is 11.3. The summed E-state index contributed by atoms with van der Waals surface area (Å²) >= 11 is 0. The molecule has 2 aliphatic rings. The summed E-state index contributed by atoms with van der Waals surface area (Å²) in [5.74, 6) is 2.51. The molecule has 33 heavy (non-hydrogen) atoms. The van der Waals surface area contributed by atoms with Crippen LogP contribution in [0.25, 0.3) is 10.9 Å². The Balaban J connectivity index is 1.15. The number of aromatic nitrogens is 1. The Morgan fingerprint density at radius 3 is 2.79 bits per heavy atom. The van der Waals surface area contributed by atoms with Crippen LogP contribution in [0, 0.1) is 0 Å². The van der Waals surface area contributed by atoms with Gasteiger partial charge in [0, 0.05) is 24.2 Å². The van der Waals surface area contributed by atoms with Crippen LogP contribution in [0.15, 0.2) is 48.7 Å². The van der Waals surface area contributed by atoms with Gasteiger partial charge in [-0.2, -0.15) is 0 Å². The van der Waals surface area contributed by atoms with Crippen molar-refractivity contribution in [2.75, 3.05) is 13.4 Å². The van der Waals surface area contributed by atoms with Crippen LogP contribution in [-0.2, 0) is 13.0 Å². The minimum Gasteiger partial charge on any atom is -0.494 e. The number of ether oxygens (including phenoxy) is 3. The quantitative estimate of drug-likeness (QED) is 0.518. The standard InChI is InChI=1S/C27H32N2O4/c1-2-31-22-4-5-24-23(16-22)20(10-14-28-24)7-11-27(30)12-8-21(9-13-27)29-17-19-3-6-25-26(15-19)33-18-32-25/h3-6,10,14-16,21,29-30H,2,7-9,11-13,17-18H2,1H3. The van der Waals surface area contributed by atoms with Crippen LogP contribution in [0.2, 0.25) is 0 Å². The Kier molecular flexibility index (Phi) is 6.38. The molecule has 2 aromatic carbocycles. The molecule has 2 N–H and O–H groups in total. The summed E-state index contributed by atoms with van der Waals surface area (Å²) in [6, 6.07) is 14.6. The van der Waals surface area contributed by atoms with Crippen molar-refractivity contribution in [3.63, 3.8) is 0 Å². The van der Waals surface area contributed by atoms with Gasteiger partial charge in [-0.05, 0) is 93.0 Å². The molecule has 0 atom stereocenters. The van der Waals surface area contributed by atoms with E-state index in [0.717, 1.165) is 73.2 Å². The summed E-state index contributed by atoms with van der Waals surface area (Å²) in [6.45, 7) is 3.73. The van der Waals surface area contributed by atoms with Gasteiger partial charge in [-0.25, -0.2) is 0 Å². The van der Waals surface area contributed by atoms with E-state index in [0.29, 0.717) is 19.4 Å². The van der Waals surface area contributed by atoms with Crippen LogP contribution in [0.4, 0.5) is 0 Å². The molecule has 6 nitrogen and oxygen atoms in total. The van der Waals surface area contributed by atoms with Crippen LogP contribution in [0.1, 0.15) is 50.2 Å². The largest absolute Gasteiger partial charge is 0.494 e. The minimum atomic E-state index is -0.607. The highest BCUT2D eigenvalue weighted by atomic mass is 16.7. The van der Waals surface area contributed by atoms with Gasteiger partial charge in [0.05, 0.1) is 17.7 Å². The molecular weight excluding hydrogens is 416 g/mol. The van der Waals surface area contributed by atoms with E-state index in [1.807, 2.05) is 37.4 Å². The van der Waals surface area contributed by atoms with Gasteiger partial charge in [-0.1, -0.05) is 6.07 Å². The average molecular weight is 449 g/mol. The van der Waals surface area contributed by atoms with Crippen molar-refractivity contribution in [3.05, 3.63) is 59.8 Å². The lowest BCUT2D eigenvalue weighted by molar-refractivity contribution is -0.0107. The fourth-order valence-electron chi connectivity index (χ4n) is 4.95. The second kappa shape index (κ2) is 9.57. The number of hydrogen-bond donors (Lipinski definition) is 2. The molecule has 174 valence electrons. The van der Waals surface area contributed by atoms with E-state index in [1.54, 1.807) is 0 Å². The first-order valence-electron chi connectivity index (χ1n) is 12.0. The molecule has 0 saturated heterocycles. The van der Waals surface area contributed by atoms with Crippen molar-refractivity contribution in [3.8, 4) is 17.2 Å². The highest BCUT2D eigenvalue weighted by Gasteiger charge is 2.32. The average Bonchev–Trinajstić information content (AvgIpc) is 3.31. The second-order valence-corrected chi connectivity index (χ2v) is 9.15. The topological polar surface area (TPSA) is 72.8 Å². The smallest absolute Gasteiger partial charge is 0.231 e. The molecule has 1 fully saturated rings. The van der Waals surface area contributed by atoms with Crippen LogP contribution in [0.5, 0.6) is 17.2 Å². The first-order valence-corrected chi connectivity index (χ1v) is 12.0. The number of benzene rings is 2. The Labute approximate surface area is 194 Å². The van der Waals surface area contributed by atoms with Crippen LogP contribution < -0.4 is 19.5 Å². The van der Waals surface area contributed by atoms with Crippen molar-refractivity contribution in [2.45, 2.75) is 63.6 Å².